The lowest BCUT2D eigenvalue weighted by Gasteiger charge is -2.33. The van der Waals surface area contributed by atoms with Crippen LogP contribution in [0.1, 0.15) is 5.56 Å². The van der Waals surface area contributed by atoms with E-state index in [-0.39, 0.29) is 5.82 Å². The van der Waals surface area contributed by atoms with Gasteiger partial charge in [-0.05, 0) is 42.1 Å². The maximum Gasteiger partial charge on any atom is 0.222 e. The van der Waals surface area contributed by atoms with Gasteiger partial charge in [0.05, 0.1) is 5.52 Å². The van der Waals surface area contributed by atoms with Crippen molar-refractivity contribution in [2.75, 3.05) is 38.1 Å². The van der Waals surface area contributed by atoms with Crippen molar-refractivity contribution in [3.8, 4) is 0 Å². The molecule has 0 radical (unpaired) electrons. The van der Waals surface area contributed by atoms with Gasteiger partial charge in [0.25, 0.3) is 0 Å². The summed E-state index contributed by atoms with van der Waals surface area (Å²) < 4.78 is 15.9. The van der Waals surface area contributed by atoms with Gasteiger partial charge in [-0.3, -0.25) is 0 Å². The van der Waals surface area contributed by atoms with Crippen molar-refractivity contribution in [2.24, 2.45) is 0 Å². The van der Waals surface area contributed by atoms with Gasteiger partial charge in [-0.1, -0.05) is 0 Å². The van der Waals surface area contributed by atoms with E-state index in [0.717, 1.165) is 31.7 Å². The number of anilines is 1. The van der Waals surface area contributed by atoms with E-state index in [0.29, 0.717) is 22.5 Å². The Morgan fingerprint density at radius 2 is 1.91 bits per heavy atom. The highest BCUT2D eigenvalue weighted by atomic mass is 19.1. The van der Waals surface area contributed by atoms with Crippen molar-refractivity contribution in [3.05, 3.63) is 23.5 Å². The van der Waals surface area contributed by atoms with Crippen LogP contribution in [0.2, 0.25) is 0 Å². The molecule has 0 atom stereocenters. The zero-order valence-corrected chi connectivity index (χ0v) is 12.5. The fourth-order valence-corrected chi connectivity index (χ4v) is 2.86. The number of benzene rings is 1. The Labute approximate surface area is 126 Å². The van der Waals surface area contributed by atoms with E-state index in [4.69, 9.17) is 0 Å². The van der Waals surface area contributed by atoms with Crippen LogP contribution in [0.15, 0.2) is 12.1 Å². The molecule has 0 unspecified atom stereocenters. The van der Waals surface area contributed by atoms with Crippen molar-refractivity contribution < 1.29 is 4.39 Å². The van der Waals surface area contributed by atoms with Crippen LogP contribution in [0.25, 0.3) is 16.7 Å². The summed E-state index contributed by atoms with van der Waals surface area (Å²) in [6.07, 6.45) is 0. The molecule has 3 aromatic rings. The molecule has 0 spiro atoms. The summed E-state index contributed by atoms with van der Waals surface area (Å²) in [5.41, 5.74) is 2.28. The minimum absolute atomic E-state index is 0.305. The summed E-state index contributed by atoms with van der Waals surface area (Å²) in [6.45, 7) is 5.36. The third-order valence-electron chi connectivity index (χ3n) is 4.11. The molecule has 22 heavy (non-hydrogen) atoms. The minimum Gasteiger partial charge on any atom is -0.351 e. The zero-order chi connectivity index (χ0) is 15.3. The first-order valence-corrected chi connectivity index (χ1v) is 7.25. The molecule has 2 aromatic heterocycles. The second kappa shape index (κ2) is 4.84. The number of likely N-dealkylation sites (N-methyl/N-ethyl adjacent to an activating group) is 1. The van der Waals surface area contributed by atoms with Crippen LogP contribution in [-0.2, 0) is 0 Å². The Balaban J connectivity index is 1.95. The molecule has 3 heterocycles. The molecule has 0 amide bonds. The van der Waals surface area contributed by atoms with Crippen molar-refractivity contribution in [1.29, 1.82) is 0 Å². The Bertz CT molecular complexity index is 851. The van der Waals surface area contributed by atoms with Crippen molar-refractivity contribution in [2.45, 2.75) is 6.92 Å². The molecule has 8 heteroatoms. The van der Waals surface area contributed by atoms with Crippen LogP contribution in [0, 0.1) is 12.7 Å². The number of fused-ring (bicyclic) bond motifs is 3. The molecule has 0 N–H and O–H groups in total. The molecule has 1 aliphatic rings. The fourth-order valence-electron chi connectivity index (χ4n) is 2.86. The summed E-state index contributed by atoms with van der Waals surface area (Å²) in [7, 11) is 2.09. The first-order chi connectivity index (χ1) is 10.6. The quantitative estimate of drug-likeness (QED) is 0.665. The van der Waals surface area contributed by atoms with Gasteiger partial charge in [0.15, 0.2) is 11.6 Å². The maximum atomic E-state index is 14.3. The lowest BCUT2D eigenvalue weighted by atomic mass is 10.2. The van der Waals surface area contributed by atoms with Crippen LogP contribution >= 0.6 is 0 Å². The average molecular weight is 301 g/mol. The van der Waals surface area contributed by atoms with Crippen LogP contribution < -0.4 is 4.90 Å². The van der Waals surface area contributed by atoms with E-state index in [1.165, 1.54) is 6.07 Å². The van der Waals surface area contributed by atoms with Crippen LogP contribution in [0.3, 0.4) is 0 Å². The Kier molecular flexibility index (Phi) is 2.93. The van der Waals surface area contributed by atoms with Gasteiger partial charge < -0.3 is 9.80 Å². The first-order valence-electron chi connectivity index (χ1n) is 7.25. The zero-order valence-electron chi connectivity index (χ0n) is 12.5. The summed E-state index contributed by atoms with van der Waals surface area (Å²) in [4.78, 5) is 8.90. The highest BCUT2D eigenvalue weighted by Gasteiger charge is 2.22. The SMILES string of the molecule is Cc1cc(F)c2nc(N3CCN(C)CC3)c3nnnn3c2c1. The van der Waals surface area contributed by atoms with Gasteiger partial charge in [-0.2, -0.15) is 4.52 Å². The van der Waals surface area contributed by atoms with Crippen LogP contribution in [0.5, 0.6) is 0 Å². The summed E-state index contributed by atoms with van der Waals surface area (Å²) >= 11 is 0. The van der Waals surface area contributed by atoms with Crippen molar-refractivity contribution in [1.82, 2.24) is 29.9 Å². The number of nitrogens with zero attached hydrogens (tertiary/aromatic N) is 7. The number of halogens is 1. The minimum atomic E-state index is -0.345. The molecule has 0 aliphatic carbocycles. The fraction of sp³-hybridized carbons (Fsp3) is 0.429. The Morgan fingerprint density at radius 1 is 1.14 bits per heavy atom. The third kappa shape index (κ3) is 1.98. The lowest BCUT2D eigenvalue weighted by molar-refractivity contribution is 0.312. The van der Waals surface area contributed by atoms with E-state index < -0.39 is 0 Å². The van der Waals surface area contributed by atoms with Crippen molar-refractivity contribution >= 4 is 22.5 Å². The predicted octanol–water partition coefficient (Wildman–Crippen LogP) is 0.872. The maximum absolute atomic E-state index is 14.3. The molecule has 0 saturated carbocycles. The number of piperazine rings is 1. The Hall–Kier alpha value is -2.35. The average Bonchev–Trinajstić information content (AvgIpc) is 2.97. The molecule has 1 aromatic carbocycles. The molecule has 4 rings (SSSR count). The number of tetrazole rings is 1. The van der Waals surface area contributed by atoms with Gasteiger partial charge in [-0.25, -0.2) is 9.37 Å². The largest absolute Gasteiger partial charge is 0.351 e. The molecular formula is C14H16FN7. The van der Waals surface area contributed by atoms with Crippen LogP contribution in [0.4, 0.5) is 10.2 Å². The summed E-state index contributed by atoms with van der Waals surface area (Å²) in [5, 5.41) is 11.8. The number of rotatable bonds is 1. The molecular weight excluding hydrogens is 285 g/mol. The lowest BCUT2D eigenvalue weighted by Crippen LogP contribution is -2.45. The number of hydrogen-bond acceptors (Lipinski definition) is 6. The summed E-state index contributed by atoms with van der Waals surface area (Å²) in [5.74, 6) is 0.302. The molecule has 1 fully saturated rings. The number of hydrogen-bond donors (Lipinski definition) is 0. The van der Waals surface area contributed by atoms with Gasteiger partial charge in [0.1, 0.15) is 5.52 Å². The van der Waals surface area contributed by atoms with Gasteiger partial charge in [0, 0.05) is 26.2 Å². The third-order valence-corrected chi connectivity index (χ3v) is 4.11. The summed E-state index contributed by atoms with van der Waals surface area (Å²) in [6, 6.07) is 3.34. The van der Waals surface area contributed by atoms with Crippen LogP contribution in [-0.4, -0.2) is 63.2 Å². The number of aromatic nitrogens is 5. The highest BCUT2D eigenvalue weighted by Crippen LogP contribution is 2.25. The van der Waals surface area contributed by atoms with E-state index in [1.807, 2.05) is 13.0 Å². The van der Waals surface area contributed by atoms with E-state index in [1.54, 1.807) is 4.52 Å². The van der Waals surface area contributed by atoms with Gasteiger partial charge in [0.2, 0.25) is 5.65 Å². The number of aryl methyl sites for hydroxylation is 1. The van der Waals surface area contributed by atoms with Gasteiger partial charge in [-0.15, -0.1) is 5.10 Å². The smallest absolute Gasteiger partial charge is 0.222 e. The van der Waals surface area contributed by atoms with E-state index in [9.17, 15) is 4.39 Å². The molecule has 1 saturated heterocycles. The molecule has 1 aliphatic heterocycles. The second-order valence-corrected chi connectivity index (χ2v) is 5.75. The standard InChI is InChI=1S/C14H16FN7/c1-9-7-10(15)12-11(8-9)22-14(17-18-19-22)13(16-12)21-5-3-20(2)4-6-21/h7-8H,3-6H2,1-2H3. The predicted molar refractivity (Wildman–Crippen MR) is 80.5 cm³/mol. The monoisotopic (exact) mass is 301 g/mol. The topological polar surface area (TPSA) is 62.5 Å². The first kappa shape index (κ1) is 13.3. The van der Waals surface area contributed by atoms with Crippen molar-refractivity contribution in [3.63, 3.8) is 0 Å². The molecule has 0 bridgehead atoms. The molecule has 7 nitrogen and oxygen atoms in total. The van der Waals surface area contributed by atoms with Gasteiger partial charge >= 0.3 is 0 Å². The van der Waals surface area contributed by atoms with E-state index >= 15 is 0 Å². The second-order valence-electron chi connectivity index (χ2n) is 5.75. The highest BCUT2D eigenvalue weighted by molar-refractivity contribution is 5.83. The Morgan fingerprint density at radius 3 is 2.68 bits per heavy atom. The van der Waals surface area contributed by atoms with E-state index in [2.05, 4.69) is 37.4 Å². The molecule has 114 valence electrons. The normalized spacial score (nSPS) is 16.8.